The summed E-state index contributed by atoms with van der Waals surface area (Å²) >= 11 is 0. The van der Waals surface area contributed by atoms with Crippen molar-refractivity contribution in [3.05, 3.63) is 12.2 Å². The van der Waals surface area contributed by atoms with Crippen molar-refractivity contribution >= 4 is 5.78 Å². The number of hydrogen-bond acceptors (Lipinski definition) is 4. The van der Waals surface area contributed by atoms with E-state index in [4.69, 9.17) is 5.73 Å². The second-order valence-corrected chi connectivity index (χ2v) is 4.51. The van der Waals surface area contributed by atoms with Crippen LogP contribution in [0.15, 0.2) is 6.33 Å². The van der Waals surface area contributed by atoms with Gasteiger partial charge in [0.25, 0.3) is 0 Å². The Labute approximate surface area is 102 Å². The van der Waals surface area contributed by atoms with E-state index in [0.29, 0.717) is 6.92 Å². The molecule has 1 heterocycles. The number of carbonyl (C=O) groups is 1. The van der Waals surface area contributed by atoms with Crippen molar-refractivity contribution in [1.82, 2.24) is 14.8 Å². The largest absolute Gasteiger partial charge is 0.413 e. The monoisotopic (exact) mass is 264 g/mol. The van der Waals surface area contributed by atoms with Crippen LogP contribution in [0, 0.1) is 0 Å². The van der Waals surface area contributed by atoms with Crippen LogP contribution < -0.4 is 5.73 Å². The van der Waals surface area contributed by atoms with Crippen molar-refractivity contribution in [2.45, 2.75) is 44.9 Å². The van der Waals surface area contributed by atoms with E-state index in [-0.39, 0.29) is 11.9 Å². The first-order valence-electron chi connectivity index (χ1n) is 5.34. The molecular weight excluding hydrogens is 249 g/mol. The van der Waals surface area contributed by atoms with Gasteiger partial charge < -0.3 is 5.73 Å². The van der Waals surface area contributed by atoms with Gasteiger partial charge in [0.05, 0.1) is 6.42 Å². The molecule has 0 saturated heterocycles. The number of halogens is 3. The van der Waals surface area contributed by atoms with Crippen LogP contribution in [0.1, 0.15) is 32.6 Å². The lowest BCUT2D eigenvalue weighted by Gasteiger charge is -2.25. The van der Waals surface area contributed by atoms with Crippen molar-refractivity contribution in [3.63, 3.8) is 0 Å². The first kappa shape index (κ1) is 14.6. The molecule has 0 fully saturated rings. The summed E-state index contributed by atoms with van der Waals surface area (Å²) in [7, 11) is 0. The Bertz CT molecular complexity index is 437. The maximum atomic E-state index is 12.6. The SMILES string of the molecule is CC(C)n1ncnc1CC(=O)C(C)(N)C(F)(F)F. The van der Waals surface area contributed by atoms with Gasteiger partial charge in [-0.1, -0.05) is 0 Å². The fourth-order valence-electron chi connectivity index (χ4n) is 1.32. The van der Waals surface area contributed by atoms with Crippen molar-refractivity contribution in [1.29, 1.82) is 0 Å². The highest BCUT2D eigenvalue weighted by Gasteiger charge is 2.53. The molecule has 0 amide bonds. The molecule has 0 aliphatic carbocycles. The third kappa shape index (κ3) is 2.69. The summed E-state index contributed by atoms with van der Waals surface area (Å²) in [5.41, 5.74) is 2.17. The Hall–Kier alpha value is -1.44. The number of Topliss-reactive ketones (excluding diaryl/α,β-unsaturated/α-hetero) is 1. The molecule has 2 N–H and O–H groups in total. The number of nitrogens with two attached hydrogens (primary N) is 1. The van der Waals surface area contributed by atoms with Crippen LogP contribution in [0.4, 0.5) is 13.2 Å². The van der Waals surface area contributed by atoms with Crippen LogP contribution in [-0.2, 0) is 11.2 Å². The summed E-state index contributed by atoms with van der Waals surface area (Å²) in [6, 6.07) is -0.0924. The zero-order valence-corrected chi connectivity index (χ0v) is 10.3. The number of alkyl halides is 3. The molecule has 1 aromatic rings. The van der Waals surface area contributed by atoms with Gasteiger partial charge in [0, 0.05) is 6.04 Å². The lowest BCUT2D eigenvalue weighted by molar-refractivity contribution is -0.185. The van der Waals surface area contributed by atoms with Crippen LogP contribution in [0.5, 0.6) is 0 Å². The number of nitrogens with zero attached hydrogens (tertiary/aromatic N) is 3. The molecule has 0 aliphatic rings. The average molecular weight is 264 g/mol. The summed E-state index contributed by atoms with van der Waals surface area (Å²) in [5, 5.41) is 3.84. The van der Waals surface area contributed by atoms with E-state index < -0.39 is 23.9 Å². The summed E-state index contributed by atoms with van der Waals surface area (Å²) in [6.07, 6.45) is -4.08. The van der Waals surface area contributed by atoms with Crippen LogP contribution in [0.2, 0.25) is 0 Å². The summed E-state index contributed by atoms with van der Waals surface area (Å²) < 4.78 is 39.1. The van der Waals surface area contributed by atoms with Gasteiger partial charge in [0.1, 0.15) is 12.2 Å². The zero-order chi connectivity index (χ0) is 14.1. The highest BCUT2D eigenvalue weighted by Crippen LogP contribution is 2.29. The molecule has 1 aromatic heterocycles. The topological polar surface area (TPSA) is 73.8 Å². The van der Waals surface area contributed by atoms with E-state index in [1.54, 1.807) is 13.8 Å². The molecule has 1 atom stereocenters. The number of aromatic nitrogens is 3. The Kier molecular flexibility index (Phi) is 3.80. The first-order valence-corrected chi connectivity index (χ1v) is 5.34. The molecule has 0 spiro atoms. The van der Waals surface area contributed by atoms with E-state index in [0.717, 1.165) is 0 Å². The minimum atomic E-state index is -4.78. The molecule has 5 nitrogen and oxygen atoms in total. The van der Waals surface area contributed by atoms with Crippen LogP contribution >= 0.6 is 0 Å². The molecule has 0 aliphatic heterocycles. The van der Waals surface area contributed by atoms with Gasteiger partial charge in [-0.05, 0) is 20.8 Å². The number of rotatable bonds is 4. The van der Waals surface area contributed by atoms with E-state index in [1.807, 2.05) is 0 Å². The predicted octanol–water partition coefficient (Wildman–Crippen LogP) is 1.25. The lowest BCUT2D eigenvalue weighted by atomic mass is 9.94. The molecule has 0 bridgehead atoms. The molecule has 1 rings (SSSR count). The maximum absolute atomic E-state index is 12.6. The summed E-state index contributed by atoms with van der Waals surface area (Å²) in [5.74, 6) is -0.958. The van der Waals surface area contributed by atoms with Gasteiger partial charge in [0.2, 0.25) is 0 Å². The summed E-state index contributed by atoms with van der Waals surface area (Å²) in [6.45, 7) is 4.23. The first-order chi connectivity index (χ1) is 8.07. The average Bonchev–Trinajstić information content (AvgIpc) is 2.63. The second-order valence-electron chi connectivity index (χ2n) is 4.51. The van der Waals surface area contributed by atoms with E-state index in [1.165, 1.54) is 11.0 Å². The molecule has 0 radical (unpaired) electrons. The molecule has 1 unspecified atom stereocenters. The standard InChI is InChI=1S/C10H15F3N4O/c1-6(2)17-8(15-5-16-17)4-7(18)9(3,14)10(11,12)13/h5-6H,4,14H2,1-3H3. The van der Waals surface area contributed by atoms with Crippen LogP contribution in [0.25, 0.3) is 0 Å². The molecule has 0 saturated carbocycles. The Morgan fingerprint density at radius 3 is 2.50 bits per heavy atom. The molecule has 18 heavy (non-hydrogen) atoms. The van der Waals surface area contributed by atoms with E-state index >= 15 is 0 Å². The van der Waals surface area contributed by atoms with Crippen molar-refractivity contribution in [3.8, 4) is 0 Å². The van der Waals surface area contributed by atoms with Crippen molar-refractivity contribution < 1.29 is 18.0 Å². The van der Waals surface area contributed by atoms with Crippen molar-refractivity contribution in [2.75, 3.05) is 0 Å². The minimum absolute atomic E-state index is 0.0924. The van der Waals surface area contributed by atoms with Gasteiger partial charge in [-0.3, -0.25) is 4.79 Å². The van der Waals surface area contributed by atoms with Crippen LogP contribution in [-0.4, -0.2) is 32.3 Å². The van der Waals surface area contributed by atoms with Gasteiger partial charge in [0.15, 0.2) is 11.3 Å². The molecule has 8 heteroatoms. The highest BCUT2D eigenvalue weighted by atomic mass is 19.4. The maximum Gasteiger partial charge on any atom is 0.413 e. The van der Waals surface area contributed by atoms with E-state index in [9.17, 15) is 18.0 Å². The number of hydrogen-bond donors (Lipinski definition) is 1. The third-order valence-electron chi connectivity index (χ3n) is 2.62. The smallest absolute Gasteiger partial charge is 0.312 e. The molecular formula is C10H15F3N4O. The predicted molar refractivity (Wildman–Crippen MR) is 57.8 cm³/mol. The van der Waals surface area contributed by atoms with Gasteiger partial charge in [-0.2, -0.15) is 18.3 Å². The summed E-state index contributed by atoms with van der Waals surface area (Å²) in [4.78, 5) is 15.4. The Balaban J connectivity index is 2.92. The van der Waals surface area contributed by atoms with Gasteiger partial charge in [-0.25, -0.2) is 9.67 Å². The fraction of sp³-hybridized carbons (Fsp3) is 0.700. The lowest BCUT2D eigenvalue weighted by Crippen LogP contribution is -2.57. The number of carbonyl (C=O) groups excluding carboxylic acids is 1. The Morgan fingerprint density at radius 1 is 1.50 bits per heavy atom. The minimum Gasteiger partial charge on any atom is -0.312 e. The van der Waals surface area contributed by atoms with Gasteiger partial charge >= 0.3 is 6.18 Å². The number of ketones is 1. The van der Waals surface area contributed by atoms with E-state index in [2.05, 4.69) is 10.1 Å². The van der Waals surface area contributed by atoms with Crippen LogP contribution in [0.3, 0.4) is 0 Å². The quantitative estimate of drug-likeness (QED) is 0.888. The highest BCUT2D eigenvalue weighted by molar-refractivity contribution is 5.90. The molecule has 0 aromatic carbocycles. The second kappa shape index (κ2) is 4.68. The third-order valence-corrected chi connectivity index (χ3v) is 2.62. The fourth-order valence-corrected chi connectivity index (χ4v) is 1.32. The normalized spacial score (nSPS) is 15.8. The zero-order valence-electron chi connectivity index (χ0n) is 10.3. The Morgan fingerprint density at radius 2 is 2.06 bits per heavy atom. The van der Waals surface area contributed by atoms with Gasteiger partial charge in [-0.15, -0.1) is 0 Å². The molecule has 102 valence electrons. The van der Waals surface area contributed by atoms with Crippen molar-refractivity contribution in [2.24, 2.45) is 5.73 Å².